The molecule has 0 saturated heterocycles. The fourth-order valence-electron chi connectivity index (χ4n) is 1.86. The number of anilines is 1. The minimum atomic E-state index is 0.115. The molecule has 0 amide bonds. The highest BCUT2D eigenvalue weighted by molar-refractivity contribution is 5.36. The van der Waals surface area contributed by atoms with Gasteiger partial charge in [-0.2, -0.15) is 0 Å². The van der Waals surface area contributed by atoms with Gasteiger partial charge >= 0.3 is 0 Å². The number of ether oxygens (including phenoxy) is 1. The van der Waals surface area contributed by atoms with E-state index in [1.165, 1.54) is 6.42 Å². The maximum Gasteiger partial charge on any atom is 0.145 e. The van der Waals surface area contributed by atoms with Gasteiger partial charge in [-0.3, -0.25) is 0 Å². The molecule has 1 fully saturated rings. The largest absolute Gasteiger partial charge is 0.382 e. The number of aromatic nitrogens is 3. The van der Waals surface area contributed by atoms with Crippen LogP contribution in [0.15, 0.2) is 6.20 Å². The Bertz CT molecular complexity index is 306. The van der Waals surface area contributed by atoms with Crippen LogP contribution in [0.2, 0.25) is 0 Å². The molecule has 0 bridgehead atoms. The van der Waals surface area contributed by atoms with Crippen LogP contribution in [-0.2, 0) is 11.8 Å². The third-order valence-electron chi connectivity index (χ3n) is 2.84. The first-order valence-corrected chi connectivity index (χ1v) is 4.88. The fourth-order valence-corrected chi connectivity index (χ4v) is 1.86. The molecule has 1 saturated carbocycles. The van der Waals surface area contributed by atoms with Crippen LogP contribution in [0.5, 0.6) is 0 Å². The Kier molecular flexibility index (Phi) is 2.41. The first-order chi connectivity index (χ1) is 6.76. The average Bonchev–Trinajstić information content (AvgIpc) is 2.48. The summed E-state index contributed by atoms with van der Waals surface area (Å²) in [4.78, 5) is 0. The van der Waals surface area contributed by atoms with Crippen LogP contribution < -0.4 is 5.32 Å². The van der Waals surface area contributed by atoms with Crippen molar-refractivity contribution in [3.63, 3.8) is 0 Å². The summed E-state index contributed by atoms with van der Waals surface area (Å²) in [5, 5.41) is 11.2. The number of rotatable bonds is 4. The van der Waals surface area contributed by atoms with Crippen molar-refractivity contribution in [1.82, 2.24) is 15.0 Å². The molecule has 0 atom stereocenters. The molecule has 0 aliphatic heterocycles. The highest BCUT2D eigenvalue weighted by atomic mass is 16.5. The number of hydrogen-bond acceptors (Lipinski definition) is 4. The minimum Gasteiger partial charge on any atom is -0.382 e. The molecule has 5 nitrogen and oxygen atoms in total. The lowest BCUT2D eigenvalue weighted by molar-refractivity contribution is 0.0978. The van der Waals surface area contributed by atoms with Gasteiger partial charge in [0.25, 0.3) is 0 Å². The zero-order valence-corrected chi connectivity index (χ0v) is 8.66. The van der Waals surface area contributed by atoms with Gasteiger partial charge in [-0.1, -0.05) is 5.21 Å². The van der Waals surface area contributed by atoms with Crippen LogP contribution in [-0.4, -0.2) is 34.2 Å². The second-order valence-corrected chi connectivity index (χ2v) is 3.93. The number of aryl methyl sites for hydroxylation is 1. The molecule has 5 heteroatoms. The summed E-state index contributed by atoms with van der Waals surface area (Å²) in [6.07, 6.45) is 5.33. The molecule has 1 aromatic rings. The number of nitrogens with one attached hydrogen (secondary N) is 1. The summed E-state index contributed by atoms with van der Waals surface area (Å²) in [5.74, 6) is 0.960. The summed E-state index contributed by atoms with van der Waals surface area (Å²) < 4.78 is 6.97. The lowest BCUT2D eigenvalue weighted by Crippen LogP contribution is -2.49. The van der Waals surface area contributed by atoms with Gasteiger partial charge in [0, 0.05) is 14.2 Å². The molecule has 0 aromatic carbocycles. The van der Waals surface area contributed by atoms with Crippen molar-refractivity contribution in [2.24, 2.45) is 7.05 Å². The van der Waals surface area contributed by atoms with E-state index in [0.717, 1.165) is 25.3 Å². The number of nitrogens with zero attached hydrogens (tertiary/aromatic N) is 3. The van der Waals surface area contributed by atoms with E-state index in [1.807, 2.05) is 7.05 Å². The molecule has 1 aliphatic carbocycles. The molecule has 0 spiro atoms. The van der Waals surface area contributed by atoms with Crippen molar-refractivity contribution in [1.29, 1.82) is 0 Å². The lowest BCUT2D eigenvalue weighted by Gasteiger charge is -2.42. The van der Waals surface area contributed by atoms with E-state index < -0.39 is 0 Å². The summed E-state index contributed by atoms with van der Waals surface area (Å²) in [5.41, 5.74) is 0.115. The first-order valence-electron chi connectivity index (χ1n) is 4.88. The van der Waals surface area contributed by atoms with E-state index in [1.54, 1.807) is 18.0 Å². The van der Waals surface area contributed by atoms with Crippen molar-refractivity contribution < 1.29 is 4.74 Å². The smallest absolute Gasteiger partial charge is 0.145 e. The van der Waals surface area contributed by atoms with Gasteiger partial charge < -0.3 is 10.1 Å². The molecular weight excluding hydrogens is 180 g/mol. The van der Waals surface area contributed by atoms with Gasteiger partial charge in [0.05, 0.1) is 18.3 Å². The standard InChI is InChI=1S/C9H16N4O/c1-13-8(6-10-12-13)11-9(7-14-2)4-3-5-9/h6,11H,3-5,7H2,1-2H3. The van der Waals surface area contributed by atoms with Crippen LogP contribution in [0.4, 0.5) is 5.82 Å². The first kappa shape index (κ1) is 9.45. The molecule has 2 rings (SSSR count). The Balaban J connectivity index is 2.05. The van der Waals surface area contributed by atoms with E-state index in [4.69, 9.17) is 4.74 Å². The van der Waals surface area contributed by atoms with Crippen molar-refractivity contribution in [2.45, 2.75) is 24.8 Å². The Morgan fingerprint density at radius 2 is 2.43 bits per heavy atom. The van der Waals surface area contributed by atoms with Crippen molar-refractivity contribution in [3.8, 4) is 0 Å². The molecule has 1 N–H and O–H groups in total. The maximum absolute atomic E-state index is 5.23. The van der Waals surface area contributed by atoms with E-state index in [0.29, 0.717) is 0 Å². The average molecular weight is 196 g/mol. The van der Waals surface area contributed by atoms with Crippen molar-refractivity contribution >= 4 is 5.82 Å². The molecule has 0 radical (unpaired) electrons. The molecule has 78 valence electrons. The molecule has 0 unspecified atom stereocenters. The van der Waals surface area contributed by atoms with Crippen LogP contribution in [0.1, 0.15) is 19.3 Å². The molecule has 14 heavy (non-hydrogen) atoms. The normalized spacial score (nSPS) is 19.0. The molecule has 1 aliphatic rings. The summed E-state index contributed by atoms with van der Waals surface area (Å²) in [6, 6.07) is 0. The molecular formula is C9H16N4O. The predicted octanol–water partition coefficient (Wildman–Crippen LogP) is 0.796. The van der Waals surface area contributed by atoms with E-state index in [2.05, 4.69) is 15.6 Å². The number of methoxy groups -OCH3 is 1. The second-order valence-electron chi connectivity index (χ2n) is 3.93. The topological polar surface area (TPSA) is 52.0 Å². The van der Waals surface area contributed by atoms with Crippen LogP contribution >= 0.6 is 0 Å². The number of hydrogen-bond donors (Lipinski definition) is 1. The molecule has 1 aromatic heterocycles. The monoisotopic (exact) mass is 196 g/mol. The summed E-state index contributed by atoms with van der Waals surface area (Å²) in [7, 11) is 3.62. The van der Waals surface area contributed by atoms with Gasteiger partial charge in [0.15, 0.2) is 0 Å². The Hall–Kier alpha value is -1.10. The van der Waals surface area contributed by atoms with E-state index >= 15 is 0 Å². The quantitative estimate of drug-likeness (QED) is 0.773. The lowest BCUT2D eigenvalue weighted by atomic mass is 9.77. The predicted molar refractivity (Wildman–Crippen MR) is 53.1 cm³/mol. The van der Waals surface area contributed by atoms with Gasteiger partial charge in [-0.15, -0.1) is 5.10 Å². The third-order valence-corrected chi connectivity index (χ3v) is 2.84. The van der Waals surface area contributed by atoms with Crippen molar-refractivity contribution in [2.75, 3.05) is 19.0 Å². The zero-order valence-electron chi connectivity index (χ0n) is 8.66. The third kappa shape index (κ3) is 1.59. The Labute approximate surface area is 83.4 Å². The van der Waals surface area contributed by atoms with Gasteiger partial charge in [0.2, 0.25) is 0 Å². The highest BCUT2D eigenvalue weighted by Crippen LogP contribution is 2.35. The summed E-state index contributed by atoms with van der Waals surface area (Å²) in [6.45, 7) is 0.748. The Morgan fingerprint density at radius 3 is 2.86 bits per heavy atom. The van der Waals surface area contributed by atoms with Gasteiger partial charge in [-0.25, -0.2) is 4.68 Å². The highest BCUT2D eigenvalue weighted by Gasteiger charge is 2.37. The van der Waals surface area contributed by atoms with E-state index in [9.17, 15) is 0 Å². The SMILES string of the molecule is COCC1(Nc2cnnn2C)CCC1. The van der Waals surface area contributed by atoms with E-state index in [-0.39, 0.29) is 5.54 Å². The van der Waals surface area contributed by atoms with Gasteiger partial charge in [0.1, 0.15) is 5.82 Å². The van der Waals surface area contributed by atoms with Crippen molar-refractivity contribution in [3.05, 3.63) is 6.20 Å². The summed E-state index contributed by atoms with van der Waals surface area (Å²) >= 11 is 0. The minimum absolute atomic E-state index is 0.115. The second kappa shape index (κ2) is 3.57. The maximum atomic E-state index is 5.23. The van der Waals surface area contributed by atoms with Gasteiger partial charge in [-0.05, 0) is 19.3 Å². The molecule has 1 heterocycles. The van der Waals surface area contributed by atoms with Crippen LogP contribution in [0, 0.1) is 0 Å². The Morgan fingerprint density at radius 1 is 1.64 bits per heavy atom. The zero-order chi connectivity index (χ0) is 10.0. The fraction of sp³-hybridized carbons (Fsp3) is 0.778. The van der Waals surface area contributed by atoms with Crippen LogP contribution in [0.25, 0.3) is 0 Å². The van der Waals surface area contributed by atoms with Crippen LogP contribution in [0.3, 0.4) is 0 Å².